The van der Waals surface area contributed by atoms with Gasteiger partial charge >= 0.3 is 0 Å². The lowest BCUT2D eigenvalue weighted by atomic mass is 10.0. The van der Waals surface area contributed by atoms with E-state index in [-0.39, 0.29) is 11.8 Å². The molecule has 3 heterocycles. The number of nitrogens with zero attached hydrogens (tertiary/aromatic N) is 3. The molecule has 2 saturated heterocycles. The molecule has 0 bridgehead atoms. The van der Waals surface area contributed by atoms with Gasteiger partial charge in [-0.3, -0.25) is 9.48 Å². The van der Waals surface area contributed by atoms with E-state index >= 15 is 0 Å². The Morgan fingerprint density at radius 1 is 1.47 bits per heavy atom. The van der Waals surface area contributed by atoms with Crippen molar-refractivity contribution in [2.45, 2.75) is 32.2 Å². The number of ether oxygens (including phenoxy) is 1. The zero-order chi connectivity index (χ0) is 13.2. The van der Waals surface area contributed by atoms with Gasteiger partial charge in [-0.15, -0.1) is 0 Å². The number of amides is 1. The smallest absolute Gasteiger partial charge is 0.228 e. The third kappa shape index (κ3) is 2.66. The lowest BCUT2D eigenvalue weighted by Gasteiger charge is -2.34. The molecule has 5 nitrogen and oxygen atoms in total. The summed E-state index contributed by atoms with van der Waals surface area (Å²) in [4.78, 5) is 14.4. The van der Waals surface area contributed by atoms with Crippen LogP contribution in [0.5, 0.6) is 0 Å². The summed E-state index contributed by atoms with van der Waals surface area (Å²) in [6.45, 7) is 5.04. The molecule has 0 aromatic carbocycles. The minimum Gasteiger partial charge on any atom is -0.381 e. The van der Waals surface area contributed by atoms with Crippen LogP contribution in [0.1, 0.15) is 30.9 Å². The standard InChI is InChI=1S/C14H21N3O2/c1-11-7-15-17(8-11)13-3-2-5-16(9-13)14(18)12-4-6-19-10-12/h7-8,12-13H,2-6,9-10H2,1H3/t12-,13-/m0/s1. The number of rotatable bonds is 2. The van der Waals surface area contributed by atoms with E-state index in [9.17, 15) is 4.79 Å². The van der Waals surface area contributed by atoms with Gasteiger partial charge in [0.1, 0.15) is 0 Å². The van der Waals surface area contributed by atoms with E-state index in [4.69, 9.17) is 4.74 Å². The van der Waals surface area contributed by atoms with Gasteiger partial charge in [0.15, 0.2) is 0 Å². The van der Waals surface area contributed by atoms with Crippen molar-refractivity contribution >= 4 is 5.91 Å². The van der Waals surface area contributed by atoms with Gasteiger partial charge in [-0.25, -0.2) is 0 Å². The lowest BCUT2D eigenvalue weighted by molar-refractivity contribution is -0.137. The lowest BCUT2D eigenvalue weighted by Crippen LogP contribution is -2.43. The summed E-state index contributed by atoms with van der Waals surface area (Å²) in [6.07, 6.45) is 6.98. The highest BCUT2D eigenvalue weighted by atomic mass is 16.5. The molecule has 104 valence electrons. The summed E-state index contributed by atoms with van der Waals surface area (Å²) >= 11 is 0. The Morgan fingerprint density at radius 3 is 3.05 bits per heavy atom. The van der Waals surface area contributed by atoms with Gasteiger partial charge in [0.2, 0.25) is 5.91 Å². The Kier molecular flexibility index (Phi) is 3.55. The summed E-state index contributed by atoms with van der Waals surface area (Å²) in [6, 6.07) is 0.328. The van der Waals surface area contributed by atoms with E-state index in [0.29, 0.717) is 12.6 Å². The summed E-state index contributed by atoms with van der Waals surface area (Å²) in [5.41, 5.74) is 1.17. The van der Waals surface area contributed by atoms with Crippen LogP contribution < -0.4 is 0 Å². The molecule has 0 unspecified atom stereocenters. The van der Waals surface area contributed by atoms with Crippen molar-refractivity contribution in [3.63, 3.8) is 0 Å². The molecular weight excluding hydrogens is 242 g/mol. The van der Waals surface area contributed by atoms with Crippen LogP contribution in [0.2, 0.25) is 0 Å². The molecule has 2 aliphatic rings. The third-order valence-corrected chi connectivity index (χ3v) is 4.09. The van der Waals surface area contributed by atoms with Gasteiger partial charge in [0.25, 0.3) is 0 Å². The number of piperidine rings is 1. The van der Waals surface area contributed by atoms with Crippen LogP contribution in [0.3, 0.4) is 0 Å². The molecule has 1 aromatic rings. The number of carbonyl (C=O) groups is 1. The molecule has 3 rings (SSSR count). The van der Waals surface area contributed by atoms with Crippen LogP contribution in [0.25, 0.3) is 0 Å². The Hall–Kier alpha value is -1.36. The van der Waals surface area contributed by atoms with E-state index in [1.807, 2.05) is 22.7 Å². The number of aromatic nitrogens is 2. The van der Waals surface area contributed by atoms with Gasteiger partial charge in [-0.05, 0) is 31.7 Å². The fourth-order valence-electron chi connectivity index (χ4n) is 2.99. The van der Waals surface area contributed by atoms with Crippen LogP contribution >= 0.6 is 0 Å². The van der Waals surface area contributed by atoms with Gasteiger partial charge in [-0.1, -0.05) is 0 Å². The maximum atomic E-state index is 12.4. The average Bonchev–Trinajstić information content (AvgIpc) is 3.09. The molecule has 2 aliphatic heterocycles. The molecule has 0 spiro atoms. The minimum atomic E-state index is 0.0816. The molecule has 5 heteroatoms. The van der Waals surface area contributed by atoms with E-state index in [1.165, 1.54) is 5.56 Å². The minimum absolute atomic E-state index is 0.0816. The van der Waals surface area contributed by atoms with Crippen molar-refractivity contribution in [1.82, 2.24) is 14.7 Å². The van der Waals surface area contributed by atoms with Crippen LogP contribution in [0.4, 0.5) is 0 Å². The van der Waals surface area contributed by atoms with Crippen LogP contribution in [0, 0.1) is 12.8 Å². The second kappa shape index (κ2) is 5.33. The summed E-state index contributed by atoms with van der Waals surface area (Å²) in [5, 5.41) is 4.38. The van der Waals surface area contributed by atoms with E-state index < -0.39 is 0 Å². The zero-order valence-electron chi connectivity index (χ0n) is 11.4. The number of hydrogen-bond acceptors (Lipinski definition) is 3. The highest BCUT2D eigenvalue weighted by molar-refractivity contribution is 5.79. The van der Waals surface area contributed by atoms with Crippen molar-refractivity contribution in [3.8, 4) is 0 Å². The Morgan fingerprint density at radius 2 is 2.37 bits per heavy atom. The van der Waals surface area contributed by atoms with Crippen molar-refractivity contribution in [2.24, 2.45) is 5.92 Å². The molecule has 19 heavy (non-hydrogen) atoms. The molecular formula is C14H21N3O2. The first-order valence-corrected chi connectivity index (χ1v) is 7.11. The first kappa shape index (κ1) is 12.7. The third-order valence-electron chi connectivity index (χ3n) is 4.09. The van der Waals surface area contributed by atoms with Crippen molar-refractivity contribution in [2.75, 3.05) is 26.3 Å². The Balaban J connectivity index is 1.65. The molecule has 0 radical (unpaired) electrons. The summed E-state index contributed by atoms with van der Waals surface area (Å²) < 4.78 is 7.33. The Labute approximate surface area is 113 Å². The molecule has 0 N–H and O–H groups in total. The second-order valence-corrected chi connectivity index (χ2v) is 5.64. The van der Waals surface area contributed by atoms with Crippen molar-refractivity contribution in [1.29, 1.82) is 0 Å². The zero-order valence-corrected chi connectivity index (χ0v) is 11.4. The number of likely N-dealkylation sites (tertiary alicyclic amines) is 1. The van der Waals surface area contributed by atoms with Crippen molar-refractivity contribution < 1.29 is 9.53 Å². The summed E-state index contributed by atoms with van der Waals surface area (Å²) in [5.74, 6) is 0.351. The average molecular weight is 263 g/mol. The van der Waals surface area contributed by atoms with Gasteiger partial charge in [0, 0.05) is 25.9 Å². The number of carbonyl (C=O) groups excluding carboxylic acids is 1. The fourth-order valence-corrected chi connectivity index (χ4v) is 2.99. The van der Waals surface area contributed by atoms with Crippen LogP contribution in [0.15, 0.2) is 12.4 Å². The predicted molar refractivity (Wildman–Crippen MR) is 70.7 cm³/mol. The Bertz CT molecular complexity index is 451. The van der Waals surface area contributed by atoms with Crippen LogP contribution in [-0.4, -0.2) is 46.9 Å². The monoisotopic (exact) mass is 263 g/mol. The fraction of sp³-hybridized carbons (Fsp3) is 0.714. The molecule has 1 amide bonds. The highest BCUT2D eigenvalue weighted by Crippen LogP contribution is 2.24. The van der Waals surface area contributed by atoms with E-state index in [1.54, 1.807) is 0 Å². The first-order valence-electron chi connectivity index (χ1n) is 7.11. The van der Waals surface area contributed by atoms with Gasteiger partial charge in [0.05, 0.1) is 24.8 Å². The number of hydrogen-bond donors (Lipinski definition) is 0. The normalized spacial score (nSPS) is 27.7. The van der Waals surface area contributed by atoms with Crippen molar-refractivity contribution in [3.05, 3.63) is 18.0 Å². The van der Waals surface area contributed by atoms with Gasteiger partial charge < -0.3 is 9.64 Å². The molecule has 1 aromatic heterocycles. The topological polar surface area (TPSA) is 47.4 Å². The molecule has 2 fully saturated rings. The van der Waals surface area contributed by atoms with Gasteiger partial charge in [-0.2, -0.15) is 5.10 Å². The molecule has 0 saturated carbocycles. The predicted octanol–water partition coefficient (Wildman–Crippen LogP) is 1.39. The van der Waals surface area contributed by atoms with E-state index in [0.717, 1.165) is 39.0 Å². The maximum Gasteiger partial charge on any atom is 0.228 e. The molecule has 0 aliphatic carbocycles. The van der Waals surface area contributed by atoms with E-state index in [2.05, 4.69) is 11.3 Å². The summed E-state index contributed by atoms with van der Waals surface area (Å²) in [7, 11) is 0. The van der Waals surface area contributed by atoms with Crippen LogP contribution in [-0.2, 0) is 9.53 Å². The largest absolute Gasteiger partial charge is 0.381 e. The molecule has 2 atom stereocenters. The quantitative estimate of drug-likeness (QED) is 0.810. The second-order valence-electron chi connectivity index (χ2n) is 5.64. The maximum absolute atomic E-state index is 12.4. The number of aryl methyl sites for hydroxylation is 1. The SMILES string of the molecule is Cc1cnn([C@H]2CCCN(C(=O)[C@H]3CCOC3)C2)c1. The first-order chi connectivity index (χ1) is 9.24. The highest BCUT2D eigenvalue weighted by Gasteiger charge is 2.31.